The average molecular weight is 502 g/mol. The Morgan fingerprint density at radius 1 is 1.14 bits per heavy atom. The van der Waals surface area contributed by atoms with Gasteiger partial charge in [-0.25, -0.2) is 0 Å². The number of halogens is 1. The quantitative estimate of drug-likeness (QED) is 0.462. The van der Waals surface area contributed by atoms with Gasteiger partial charge in [0, 0.05) is 17.5 Å². The summed E-state index contributed by atoms with van der Waals surface area (Å²) >= 11 is 5.86. The summed E-state index contributed by atoms with van der Waals surface area (Å²) in [6, 6.07) is 12.8. The molecule has 2 saturated heterocycles. The van der Waals surface area contributed by atoms with E-state index in [2.05, 4.69) is 5.32 Å². The lowest BCUT2D eigenvalue weighted by molar-refractivity contribution is -0.361. The normalized spacial score (nSPS) is 27.7. The van der Waals surface area contributed by atoms with E-state index >= 15 is 0 Å². The first-order chi connectivity index (χ1) is 16.6. The van der Waals surface area contributed by atoms with Gasteiger partial charge >= 0.3 is 0 Å². The number of carbonyl (C=O) groups is 2. The van der Waals surface area contributed by atoms with Crippen molar-refractivity contribution in [3.8, 4) is 5.75 Å². The molecule has 186 valence electrons. The van der Waals surface area contributed by atoms with Crippen LogP contribution in [0.5, 0.6) is 5.75 Å². The summed E-state index contributed by atoms with van der Waals surface area (Å²) in [6.07, 6.45) is -0.0827. The molecule has 8 nitrogen and oxygen atoms in total. The predicted octanol–water partition coefficient (Wildman–Crippen LogP) is 3.36. The van der Waals surface area contributed by atoms with Crippen LogP contribution < -0.4 is 10.1 Å². The van der Waals surface area contributed by atoms with Crippen LogP contribution in [0.4, 0.5) is 0 Å². The fourth-order valence-corrected chi connectivity index (χ4v) is 4.13. The molecule has 2 aliphatic rings. The molecule has 2 N–H and O–H groups in total. The average Bonchev–Trinajstić information content (AvgIpc) is 2.81. The second-order valence-electron chi connectivity index (χ2n) is 8.94. The molecule has 0 saturated carbocycles. The number of rotatable bonds is 6. The number of hydrogen-bond acceptors (Lipinski definition) is 7. The van der Waals surface area contributed by atoms with Crippen LogP contribution in [0.1, 0.15) is 36.7 Å². The molecule has 2 aromatic rings. The summed E-state index contributed by atoms with van der Waals surface area (Å²) in [5, 5.41) is 14.2. The fourth-order valence-electron chi connectivity index (χ4n) is 4.01. The number of allylic oxidation sites excluding steroid dienone is 1. The first kappa shape index (κ1) is 25.3. The first-order valence-electron chi connectivity index (χ1n) is 11.3. The van der Waals surface area contributed by atoms with Gasteiger partial charge in [0.15, 0.2) is 11.6 Å². The Labute approximate surface area is 208 Å². The molecular weight excluding hydrogens is 474 g/mol. The van der Waals surface area contributed by atoms with E-state index in [1.807, 2.05) is 0 Å². The van der Waals surface area contributed by atoms with Crippen molar-refractivity contribution in [3.63, 3.8) is 0 Å². The lowest BCUT2D eigenvalue weighted by atomic mass is 9.95. The summed E-state index contributed by atoms with van der Waals surface area (Å²) in [5.41, 5.74) is 1.33. The molecule has 1 amide bonds. The third-order valence-corrected chi connectivity index (χ3v) is 6.00. The predicted molar refractivity (Wildman–Crippen MR) is 129 cm³/mol. The number of aliphatic hydroxyl groups excluding tert-OH is 1. The van der Waals surface area contributed by atoms with Crippen molar-refractivity contribution in [1.29, 1.82) is 0 Å². The van der Waals surface area contributed by atoms with Crippen LogP contribution >= 0.6 is 11.6 Å². The zero-order chi connectivity index (χ0) is 25.2. The molecule has 0 aliphatic carbocycles. The Morgan fingerprint density at radius 3 is 2.49 bits per heavy atom. The second kappa shape index (κ2) is 10.5. The SMILES string of the molecule is CC(=O)NC1C(Oc2ccc(/C=C/C(=O)c3ccc(Cl)cc3)cc2)OC2COC(C)(C)OC2C1O. The fraction of sp³-hybridized carbons (Fsp3) is 0.385. The van der Waals surface area contributed by atoms with Crippen LogP contribution in [0.25, 0.3) is 6.08 Å². The highest BCUT2D eigenvalue weighted by molar-refractivity contribution is 6.30. The molecule has 2 aromatic carbocycles. The monoisotopic (exact) mass is 501 g/mol. The number of aliphatic hydroxyl groups is 1. The molecule has 2 aliphatic heterocycles. The van der Waals surface area contributed by atoms with Gasteiger partial charge in [0.25, 0.3) is 0 Å². The third-order valence-electron chi connectivity index (χ3n) is 5.75. The highest BCUT2D eigenvalue weighted by atomic mass is 35.5. The molecular formula is C26H28ClNO7. The number of hydrogen-bond donors (Lipinski definition) is 2. The Balaban J connectivity index is 1.44. The number of benzene rings is 2. The zero-order valence-corrected chi connectivity index (χ0v) is 20.4. The maximum Gasteiger partial charge on any atom is 0.223 e. The standard InChI is InChI=1S/C26H28ClNO7/c1-15(29)28-22-23(31)24-21(14-32-26(2,3)35-24)34-25(22)33-19-11-4-16(5-12-19)6-13-20(30)17-7-9-18(27)10-8-17/h4-13,21-25,31H,14H2,1-3H3,(H,28,29)/b13-6+. The van der Waals surface area contributed by atoms with Gasteiger partial charge in [0.05, 0.1) is 6.61 Å². The molecule has 2 fully saturated rings. The van der Waals surface area contributed by atoms with E-state index in [9.17, 15) is 14.7 Å². The van der Waals surface area contributed by atoms with E-state index in [4.69, 9.17) is 30.5 Å². The van der Waals surface area contributed by atoms with Gasteiger partial charge in [0.2, 0.25) is 12.2 Å². The largest absolute Gasteiger partial charge is 0.463 e. The van der Waals surface area contributed by atoms with E-state index in [0.717, 1.165) is 5.56 Å². The summed E-state index contributed by atoms with van der Waals surface area (Å²) in [5.74, 6) is -0.880. The molecule has 0 spiro atoms. The summed E-state index contributed by atoms with van der Waals surface area (Å²) < 4.78 is 23.5. The minimum atomic E-state index is -1.06. The first-order valence-corrected chi connectivity index (χ1v) is 11.7. The summed E-state index contributed by atoms with van der Waals surface area (Å²) in [6.45, 7) is 5.08. The van der Waals surface area contributed by atoms with Gasteiger partial charge in [-0.1, -0.05) is 29.8 Å². The van der Waals surface area contributed by atoms with Crippen LogP contribution in [0, 0.1) is 0 Å². The van der Waals surface area contributed by atoms with Crippen LogP contribution in [0.2, 0.25) is 5.02 Å². The van der Waals surface area contributed by atoms with E-state index < -0.39 is 36.4 Å². The molecule has 5 atom stereocenters. The number of nitrogens with one attached hydrogen (secondary N) is 1. The van der Waals surface area contributed by atoms with Crippen LogP contribution in [-0.2, 0) is 19.0 Å². The lowest BCUT2D eigenvalue weighted by Crippen LogP contribution is -2.69. The molecule has 4 rings (SSSR count). The molecule has 0 bridgehead atoms. The molecule has 0 aromatic heterocycles. The topological polar surface area (TPSA) is 103 Å². The van der Waals surface area contributed by atoms with Crippen LogP contribution in [0.15, 0.2) is 54.6 Å². The van der Waals surface area contributed by atoms with Crippen molar-refractivity contribution in [2.24, 2.45) is 0 Å². The molecule has 0 radical (unpaired) electrons. The maximum atomic E-state index is 12.3. The van der Waals surface area contributed by atoms with Gasteiger partial charge < -0.3 is 29.4 Å². The van der Waals surface area contributed by atoms with E-state index in [1.54, 1.807) is 68.5 Å². The van der Waals surface area contributed by atoms with Gasteiger partial charge in [-0.05, 0) is 61.9 Å². The molecule has 9 heteroatoms. The Bertz CT molecular complexity index is 1080. The Morgan fingerprint density at radius 2 is 1.83 bits per heavy atom. The van der Waals surface area contributed by atoms with Gasteiger partial charge in [-0.2, -0.15) is 0 Å². The number of amides is 1. The van der Waals surface area contributed by atoms with E-state index in [1.165, 1.54) is 13.0 Å². The zero-order valence-electron chi connectivity index (χ0n) is 19.6. The van der Waals surface area contributed by atoms with Gasteiger partial charge in [0.1, 0.15) is 30.1 Å². The van der Waals surface area contributed by atoms with E-state index in [-0.39, 0.29) is 18.3 Å². The number of fused-ring (bicyclic) bond motifs is 1. The minimum absolute atomic E-state index is 0.139. The highest BCUT2D eigenvalue weighted by Crippen LogP contribution is 2.33. The van der Waals surface area contributed by atoms with Crippen molar-refractivity contribution in [2.45, 2.75) is 57.2 Å². The van der Waals surface area contributed by atoms with Crippen molar-refractivity contribution >= 4 is 29.4 Å². The van der Waals surface area contributed by atoms with E-state index in [0.29, 0.717) is 16.3 Å². The smallest absolute Gasteiger partial charge is 0.223 e. The second-order valence-corrected chi connectivity index (χ2v) is 9.38. The van der Waals surface area contributed by atoms with Crippen molar-refractivity contribution in [2.75, 3.05) is 6.61 Å². The van der Waals surface area contributed by atoms with Crippen molar-refractivity contribution < 1.29 is 33.6 Å². The number of carbonyl (C=O) groups excluding carboxylic acids is 2. The lowest BCUT2D eigenvalue weighted by Gasteiger charge is -2.49. The van der Waals surface area contributed by atoms with Crippen LogP contribution in [-0.4, -0.2) is 59.8 Å². The molecule has 5 unspecified atom stereocenters. The van der Waals surface area contributed by atoms with Gasteiger partial charge in [-0.15, -0.1) is 0 Å². The Kier molecular flexibility index (Phi) is 7.59. The molecule has 2 heterocycles. The summed E-state index contributed by atoms with van der Waals surface area (Å²) in [7, 11) is 0. The molecule has 35 heavy (non-hydrogen) atoms. The summed E-state index contributed by atoms with van der Waals surface area (Å²) in [4.78, 5) is 24.1. The maximum absolute atomic E-state index is 12.3. The van der Waals surface area contributed by atoms with Crippen molar-refractivity contribution in [1.82, 2.24) is 5.32 Å². The van der Waals surface area contributed by atoms with Crippen LogP contribution in [0.3, 0.4) is 0 Å². The third kappa shape index (κ3) is 6.28. The minimum Gasteiger partial charge on any atom is -0.463 e. The number of ether oxygens (including phenoxy) is 4. The van der Waals surface area contributed by atoms with Gasteiger partial charge in [-0.3, -0.25) is 9.59 Å². The Hall–Kier alpha value is -2.75. The highest BCUT2D eigenvalue weighted by Gasteiger charge is 2.52. The van der Waals surface area contributed by atoms with Crippen molar-refractivity contribution in [3.05, 3.63) is 70.8 Å². The number of ketones is 1.